The van der Waals surface area contributed by atoms with E-state index in [1.54, 1.807) is 25.3 Å². The molecular formula is C15H20N2O2. The van der Waals surface area contributed by atoms with Gasteiger partial charge in [0, 0.05) is 11.6 Å². The van der Waals surface area contributed by atoms with Crippen molar-refractivity contribution in [3.63, 3.8) is 0 Å². The van der Waals surface area contributed by atoms with E-state index in [0.29, 0.717) is 11.6 Å². The summed E-state index contributed by atoms with van der Waals surface area (Å²) >= 11 is 0. The zero-order valence-corrected chi connectivity index (χ0v) is 11.2. The Kier molecular flexibility index (Phi) is 3.09. The van der Waals surface area contributed by atoms with Crippen molar-refractivity contribution in [3.05, 3.63) is 23.8 Å². The van der Waals surface area contributed by atoms with Gasteiger partial charge in [0.05, 0.1) is 12.8 Å². The molecular weight excluding hydrogens is 240 g/mol. The summed E-state index contributed by atoms with van der Waals surface area (Å²) in [6.07, 6.45) is 5.27. The van der Waals surface area contributed by atoms with Crippen LogP contribution in [0, 0.1) is 11.8 Å². The number of hydrogen-bond donors (Lipinski definition) is 2. The molecule has 3 atom stereocenters. The second kappa shape index (κ2) is 4.76. The lowest BCUT2D eigenvalue weighted by atomic mass is 9.95. The quantitative estimate of drug-likeness (QED) is 0.873. The smallest absolute Gasteiger partial charge is 0.248 e. The molecule has 2 aliphatic rings. The minimum atomic E-state index is -0.404. The number of anilines is 1. The number of nitrogens with two attached hydrogens (primary N) is 1. The van der Waals surface area contributed by atoms with Crippen LogP contribution in [0.3, 0.4) is 0 Å². The van der Waals surface area contributed by atoms with E-state index in [1.807, 2.05) is 0 Å². The first-order valence-corrected chi connectivity index (χ1v) is 6.91. The Labute approximate surface area is 113 Å². The normalized spacial score (nSPS) is 28.4. The number of carbonyl (C=O) groups is 1. The molecule has 4 heteroatoms. The molecule has 1 aromatic rings. The number of fused-ring (bicyclic) bond motifs is 2. The number of nitrogens with one attached hydrogen (secondary N) is 1. The molecule has 0 aromatic heterocycles. The Morgan fingerprint density at radius 3 is 2.79 bits per heavy atom. The fourth-order valence-corrected chi connectivity index (χ4v) is 3.60. The molecule has 4 nitrogen and oxygen atoms in total. The number of ether oxygens (including phenoxy) is 1. The molecule has 19 heavy (non-hydrogen) atoms. The van der Waals surface area contributed by atoms with Crippen LogP contribution in [0.25, 0.3) is 0 Å². The number of hydrogen-bond acceptors (Lipinski definition) is 3. The minimum absolute atomic E-state index is 0.404. The van der Waals surface area contributed by atoms with Crippen molar-refractivity contribution >= 4 is 11.6 Å². The van der Waals surface area contributed by atoms with Crippen LogP contribution >= 0.6 is 0 Å². The summed E-state index contributed by atoms with van der Waals surface area (Å²) in [6.45, 7) is 0. The lowest BCUT2D eigenvalue weighted by molar-refractivity contribution is 0.100. The number of rotatable bonds is 4. The van der Waals surface area contributed by atoms with Crippen molar-refractivity contribution in [1.29, 1.82) is 0 Å². The van der Waals surface area contributed by atoms with E-state index in [9.17, 15) is 4.79 Å². The molecule has 2 saturated carbocycles. The van der Waals surface area contributed by atoms with Gasteiger partial charge in [-0.25, -0.2) is 0 Å². The van der Waals surface area contributed by atoms with Crippen LogP contribution in [0.2, 0.25) is 0 Å². The van der Waals surface area contributed by atoms with Crippen LogP contribution in [0.4, 0.5) is 5.69 Å². The molecule has 2 bridgehead atoms. The SMILES string of the molecule is COc1ccc(C(N)=O)cc1NC1CC2CCC1C2. The fourth-order valence-electron chi connectivity index (χ4n) is 3.60. The highest BCUT2D eigenvalue weighted by atomic mass is 16.5. The molecule has 3 rings (SSSR count). The highest BCUT2D eigenvalue weighted by molar-refractivity contribution is 5.94. The van der Waals surface area contributed by atoms with Gasteiger partial charge in [0.2, 0.25) is 5.91 Å². The highest BCUT2D eigenvalue weighted by Gasteiger charge is 2.39. The van der Waals surface area contributed by atoms with E-state index in [0.717, 1.165) is 23.3 Å². The molecule has 3 N–H and O–H groups in total. The van der Waals surface area contributed by atoms with Crippen LogP contribution in [0.15, 0.2) is 18.2 Å². The third-order valence-corrected chi connectivity index (χ3v) is 4.56. The second-order valence-corrected chi connectivity index (χ2v) is 5.71. The average Bonchev–Trinajstić information content (AvgIpc) is 3.01. The zero-order chi connectivity index (χ0) is 13.4. The first-order valence-electron chi connectivity index (χ1n) is 6.91. The van der Waals surface area contributed by atoms with Crippen molar-refractivity contribution in [3.8, 4) is 5.75 Å². The van der Waals surface area contributed by atoms with Crippen molar-refractivity contribution in [2.24, 2.45) is 17.6 Å². The summed E-state index contributed by atoms with van der Waals surface area (Å²) in [7, 11) is 1.64. The molecule has 0 radical (unpaired) electrons. The highest BCUT2D eigenvalue weighted by Crippen LogP contribution is 2.46. The van der Waals surface area contributed by atoms with Gasteiger partial charge in [-0.1, -0.05) is 6.42 Å². The third kappa shape index (κ3) is 2.27. The van der Waals surface area contributed by atoms with Crippen LogP contribution < -0.4 is 15.8 Å². The molecule has 2 aliphatic carbocycles. The number of primary amides is 1. The van der Waals surface area contributed by atoms with Crippen LogP contribution in [0.5, 0.6) is 5.75 Å². The second-order valence-electron chi connectivity index (χ2n) is 5.71. The zero-order valence-electron chi connectivity index (χ0n) is 11.2. The van der Waals surface area contributed by atoms with Gasteiger partial charge in [-0.2, -0.15) is 0 Å². The Morgan fingerprint density at radius 1 is 1.37 bits per heavy atom. The monoisotopic (exact) mass is 260 g/mol. The number of methoxy groups -OCH3 is 1. The number of amides is 1. The largest absolute Gasteiger partial charge is 0.495 e. The van der Waals surface area contributed by atoms with E-state index >= 15 is 0 Å². The predicted octanol–water partition coefficient (Wildman–Crippen LogP) is 2.39. The lowest BCUT2D eigenvalue weighted by Gasteiger charge is -2.25. The molecule has 3 unspecified atom stereocenters. The van der Waals surface area contributed by atoms with E-state index in [-0.39, 0.29) is 0 Å². The number of benzene rings is 1. The van der Waals surface area contributed by atoms with E-state index < -0.39 is 5.91 Å². The third-order valence-electron chi connectivity index (χ3n) is 4.56. The summed E-state index contributed by atoms with van der Waals surface area (Å²) in [5, 5.41) is 3.55. The van der Waals surface area contributed by atoms with Crippen molar-refractivity contribution in [2.45, 2.75) is 31.7 Å². The maximum Gasteiger partial charge on any atom is 0.248 e. The lowest BCUT2D eigenvalue weighted by Crippen LogP contribution is -2.26. The summed E-state index contributed by atoms with van der Waals surface area (Å²) in [5.41, 5.74) is 6.74. The average molecular weight is 260 g/mol. The molecule has 0 aliphatic heterocycles. The predicted molar refractivity (Wildman–Crippen MR) is 74.4 cm³/mol. The van der Waals surface area contributed by atoms with Gasteiger partial charge >= 0.3 is 0 Å². The summed E-state index contributed by atoms with van der Waals surface area (Å²) in [6, 6.07) is 5.81. The Bertz CT molecular complexity index is 501. The van der Waals surface area contributed by atoms with Gasteiger partial charge in [-0.05, 0) is 49.3 Å². The van der Waals surface area contributed by atoms with Gasteiger partial charge in [0.25, 0.3) is 0 Å². The number of carbonyl (C=O) groups excluding carboxylic acids is 1. The van der Waals surface area contributed by atoms with Gasteiger partial charge < -0.3 is 15.8 Å². The van der Waals surface area contributed by atoms with Gasteiger partial charge in [-0.15, -0.1) is 0 Å². The molecule has 1 amide bonds. The maximum atomic E-state index is 11.3. The van der Waals surface area contributed by atoms with E-state index in [1.165, 1.54) is 25.7 Å². The van der Waals surface area contributed by atoms with Crippen molar-refractivity contribution < 1.29 is 9.53 Å². The minimum Gasteiger partial charge on any atom is -0.495 e. The first kappa shape index (κ1) is 12.3. The standard InChI is InChI=1S/C15H20N2O2/c1-19-14-5-4-11(15(16)18)8-13(14)17-12-7-9-2-3-10(12)6-9/h4-5,8-10,12,17H,2-3,6-7H2,1H3,(H2,16,18). The first-order chi connectivity index (χ1) is 9.17. The van der Waals surface area contributed by atoms with Gasteiger partial charge in [0.1, 0.15) is 5.75 Å². The van der Waals surface area contributed by atoms with Crippen LogP contribution in [0.1, 0.15) is 36.0 Å². The summed E-state index contributed by atoms with van der Waals surface area (Å²) in [4.78, 5) is 11.3. The summed E-state index contributed by atoms with van der Waals surface area (Å²) < 4.78 is 5.36. The molecule has 0 saturated heterocycles. The Hall–Kier alpha value is -1.71. The summed E-state index contributed by atoms with van der Waals surface area (Å²) in [5.74, 6) is 2.02. The van der Waals surface area contributed by atoms with Crippen LogP contribution in [-0.4, -0.2) is 19.1 Å². The van der Waals surface area contributed by atoms with E-state index in [4.69, 9.17) is 10.5 Å². The fraction of sp³-hybridized carbons (Fsp3) is 0.533. The molecule has 102 valence electrons. The van der Waals surface area contributed by atoms with Crippen molar-refractivity contribution in [2.75, 3.05) is 12.4 Å². The molecule has 2 fully saturated rings. The molecule has 0 heterocycles. The Morgan fingerprint density at radius 2 is 2.21 bits per heavy atom. The van der Waals surface area contributed by atoms with Crippen LogP contribution in [-0.2, 0) is 0 Å². The maximum absolute atomic E-state index is 11.3. The molecule has 0 spiro atoms. The topological polar surface area (TPSA) is 64.3 Å². The van der Waals surface area contributed by atoms with Crippen molar-refractivity contribution in [1.82, 2.24) is 0 Å². The van der Waals surface area contributed by atoms with E-state index in [2.05, 4.69) is 5.32 Å². The van der Waals surface area contributed by atoms with Gasteiger partial charge in [-0.3, -0.25) is 4.79 Å². The Balaban J connectivity index is 1.82. The molecule has 1 aromatic carbocycles. The van der Waals surface area contributed by atoms with Gasteiger partial charge in [0.15, 0.2) is 0 Å².